The number of methoxy groups -OCH3 is 1. The van der Waals surface area contributed by atoms with Gasteiger partial charge in [0.15, 0.2) is 5.96 Å². The Kier molecular flexibility index (Phi) is 7.66. The summed E-state index contributed by atoms with van der Waals surface area (Å²) in [5.74, 6) is 2.58. The predicted molar refractivity (Wildman–Crippen MR) is 94.9 cm³/mol. The zero-order chi connectivity index (χ0) is 16.3. The number of guanidine groups is 1. The number of unbranched alkanes of at least 4 members (excludes halogenated alkanes) is 1. The highest BCUT2D eigenvalue weighted by atomic mass is 16.5. The lowest BCUT2D eigenvalue weighted by molar-refractivity contribution is 0.157. The van der Waals surface area contributed by atoms with E-state index in [9.17, 15) is 0 Å². The Morgan fingerprint density at radius 1 is 1.39 bits per heavy atom. The number of ether oxygens (including phenoxy) is 1. The van der Waals surface area contributed by atoms with E-state index in [1.54, 1.807) is 13.3 Å². The van der Waals surface area contributed by atoms with Gasteiger partial charge in [0.25, 0.3) is 0 Å². The van der Waals surface area contributed by atoms with Gasteiger partial charge in [0.1, 0.15) is 5.82 Å². The Balaban J connectivity index is 1.57. The number of likely N-dealkylation sites (tertiary alicyclic amines) is 1. The summed E-state index contributed by atoms with van der Waals surface area (Å²) in [7, 11) is 3.63. The summed E-state index contributed by atoms with van der Waals surface area (Å²) in [4.78, 5) is 11.0. The Morgan fingerprint density at radius 3 is 3.00 bits per heavy atom. The van der Waals surface area contributed by atoms with Crippen LogP contribution in [0.2, 0.25) is 0 Å². The number of aromatic nitrogens is 1. The lowest BCUT2D eigenvalue weighted by atomic mass is 10.1. The van der Waals surface area contributed by atoms with E-state index in [1.807, 2.05) is 25.2 Å². The molecule has 0 spiro atoms. The van der Waals surface area contributed by atoms with E-state index in [0.717, 1.165) is 57.4 Å². The Bertz CT molecular complexity index is 465. The molecule has 0 radical (unpaired) electrons. The van der Waals surface area contributed by atoms with Crippen LogP contribution in [-0.2, 0) is 4.74 Å². The fourth-order valence-corrected chi connectivity index (χ4v) is 2.86. The van der Waals surface area contributed by atoms with E-state index >= 15 is 0 Å². The third kappa shape index (κ3) is 6.06. The standard InChI is InChI=1S/C17H29N5O/c1-18-17(22-12-8-15(13-22)14-23-2)21-11-6-5-10-20-16-7-3-4-9-19-16/h3-4,7,9,15H,5-6,8,10-14H2,1-2H3,(H,18,21)(H,19,20). The van der Waals surface area contributed by atoms with Crippen molar-refractivity contribution in [1.29, 1.82) is 0 Å². The highest BCUT2D eigenvalue weighted by Crippen LogP contribution is 2.16. The Labute approximate surface area is 139 Å². The van der Waals surface area contributed by atoms with Crippen LogP contribution < -0.4 is 10.6 Å². The molecule has 1 aromatic rings. The Hall–Kier alpha value is -1.82. The Morgan fingerprint density at radius 2 is 2.26 bits per heavy atom. The molecule has 1 aromatic heterocycles. The third-order valence-corrected chi connectivity index (χ3v) is 4.06. The molecule has 0 bridgehead atoms. The minimum atomic E-state index is 0.626. The summed E-state index contributed by atoms with van der Waals surface area (Å²) in [5.41, 5.74) is 0. The number of anilines is 1. The van der Waals surface area contributed by atoms with Crippen molar-refractivity contribution < 1.29 is 4.74 Å². The van der Waals surface area contributed by atoms with E-state index in [0.29, 0.717) is 5.92 Å². The molecule has 6 nitrogen and oxygen atoms in total. The average Bonchev–Trinajstić information content (AvgIpc) is 3.04. The van der Waals surface area contributed by atoms with Gasteiger partial charge < -0.3 is 20.3 Å². The van der Waals surface area contributed by atoms with Crippen molar-refractivity contribution in [3.63, 3.8) is 0 Å². The number of rotatable bonds is 8. The van der Waals surface area contributed by atoms with Crippen molar-refractivity contribution in [2.75, 3.05) is 52.3 Å². The number of nitrogens with one attached hydrogen (secondary N) is 2. The largest absolute Gasteiger partial charge is 0.384 e. The lowest BCUT2D eigenvalue weighted by Gasteiger charge is -2.21. The summed E-state index contributed by atoms with van der Waals surface area (Å²) in [6.45, 7) is 4.83. The molecule has 1 saturated heterocycles. The zero-order valence-corrected chi connectivity index (χ0v) is 14.3. The first kappa shape index (κ1) is 17.5. The van der Waals surface area contributed by atoms with E-state index < -0.39 is 0 Å². The normalized spacial score (nSPS) is 18.3. The summed E-state index contributed by atoms with van der Waals surface area (Å²) in [6, 6.07) is 5.91. The van der Waals surface area contributed by atoms with Crippen LogP contribution in [-0.4, -0.2) is 62.8 Å². The van der Waals surface area contributed by atoms with Crippen molar-refractivity contribution in [3.05, 3.63) is 24.4 Å². The van der Waals surface area contributed by atoms with E-state index in [2.05, 4.69) is 25.5 Å². The summed E-state index contributed by atoms with van der Waals surface area (Å²) in [6.07, 6.45) is 5.20. The van der Waals surface area contributed by atoms with Crippen molar-refractivity contribution in [2.24, 2.45) is 10.9 Å². The molecule has 23 heavy (non-hydrogen) atoms. The lowest BCUT2D eigenvalue weighted by Crippen LogP contribution is -2.40. The number of hydrogen-bond acceptors (Lipinski definition) is 4. The van der Waals surface area contributed by atoms with Crippen molar-refractivity contribution in [3.8, 4) is 0 Å². The monoisotopic (exact) mass is 319 g/mol. The molecule has 0 saturated carbocycles. The molecule has 1 atom stereocenters. The molecule has 1 unspecified atom stereocenters. The zero-order valence-electron chi connectivity index (χ0n) is 14.3. The van der Waals surface area contributed by atoms with Gasteiger partial charge in [0.05, 0.1) is 6.61 Å². The second-order valence-electron chi connectivity index (χ2n) is 5.88. The molecule has 128 valence electrons. The van der Waals surface area contributed by atoms with Gasteiger partial charge in [-0.1, -0.05) is 6.07 Å². The maximum atomic E-state index is 5.25. The van der Waals surface area contributed by atoms with Gasteiger partial charge >= 0.3 is 0 Å². The van der Waals surface area contributed by atoms with E-state index in [-0.39, 0.29) is 0 Å². The SMILES string of the molecule is CN=C(NCCCCNc1ccccn1)N1CCC(COC)C1. The first-order chi connectivity index (χ1) is 11.3. The molecule has 0 aromatic carbocycles. The first-order valence-electron chi connectivity index (χ1n) is 8.43. The topological polar surface area (TPSA) is 61.8 Å². The van der Waals surface area contributed by atoms with Gasteiger partial charge in [-0.15, -0.1) is 0 Å². The van der Waals surface area contributed by atoms with Crippen molar-refractivity contribution >= 4 is 11.8 Å². The molecule has 1 aliphatic rings. The number of hydrogen-bond donors (Lipinski definition) is 2. The number of aliphatic imine (C=N–C) groups is 1. The van der Waals surface area contributed by atoms with Crippen LogP contribution in [0.25, 0.3) is 0 Å². The van der Waals surface area contributed by atoms with Crippen LogP contribution in [0.15, 0.2) is 29.4 Å². The summed E-state index contributed by atoms with van der Waals surface area (Å²) < 4.78 is 5.25. The second kappa shape index (κ2) is 10.0. The molecule has 2 N–H and O–H groups in total. The van der Waals surface area contributed by atoms with Crippen LogP contribution in [0.4, 0.5) is 5.82 Å². The molecule has 2 heterocycles. The van der Waals surface area contributed by atoms with E-state index in [4.69, 9.17) is 4.74 Å². The molecule has 0 amide bonds. The first-order valence-corrected chi connectivity index (χ1v) is 8.43. The van der Waals surface area contributed by atoms with Crippen LogP contribution in [0.3, 0.4) is 0 Å². The van der Waals surface area contributed by atoms with Gasteiger partial charge in [0.2, 0.25) is 0 Å². The number of pyridine rings is 1. The van der Waals surface area contributed by atoms with Gasteiger partial charge in [-0.3, -0.25) is 4.99 Å². The van der Waals surface area contributed by atoms with Crippen LogP contribution in [0, 0.1) is 5.92 Å². The predicted octanol–water partition coefficient (Wildman–Crippen LogP) is 1.82. The number of nitrogens with zero attached hydrogens (tertiary/aromatic N) is 3. The fraction of sp³-hybridized carbons (Fsp3) is 0.647. The van der Waals surface area contributed by atoms with Crippen LogP contribution >= 0.6 is 0 Å². The minimum Gasteiger partial charge on any atom is -0.384 e. The third-order valence-electron chi connectivity index (χ3n) is 4.06. The highest BCUT2D eigenvalue weighted by Gasteiger charge is 2.24. The highest BCUT2D eigenvalue weighted by molar-refractivity contribution is 5.80. The average molecular weight is 319 g/mol. The quantitative estimate of drug-likeness (QED) is 0.435. The van der Waals surface area contributed by atoms with Gasteiger partial charge in [-0.25, -0.2) is 4.98 Å². The molecule has 1 fully saturated rings. The molecular formula is C17H29N5O. The summed E-state index contributed by atoms with van der Waals surface area (Å²) >= 11 is 0. The maximum absolute atomic E-state index is 5.25. The van der Waals surface area contributed by atoms with Crippen molar-refractivity contribution in [1.82, 2.24) is 15.2 Å². The van der Waals surface area contributed by atoms with Gasteiger partial charge in [-0.2, -0.15) is 0 Å². The fourth-order valence-electron chi connectivity index (χ4n) is 2.86. The molecule has 6 heteroatoms. The van der Waals surface area contributed by atoms with Crippen LogP contribution in [0.1, 0.15) is 19.3 Å². The maximum Gasteiger partial charge on any atom is 0.193 e. The molecule has 2 rings (SSSR count). The summed E-state index contributed by atoms with van der Waals surface area (Å²) in [5, 5.41) is 6.79. The molecule has 0 aliphatic carbocycles. The van der Waals surface area contributed by atoms with E-state index in [1.165, 1.54) is 6.42 Å². The molecular weight excluding hydrogens is 290 g/mol. The van der Waals surface area contributed by atoms with Gasteiger partial charge in [0, 0.05) is 52.5 Å². The second-order valence-corrected chi connectivity index (χ2v) is 5.88. The minimum absolute atomic E-state index is 0.626. The van der Waals surface area contributed by atoms with Crippen molar-refractivity contribution in [2.45, 2.75) is 19.3 Å². The van der Waals surface area contributed by atoms with Gasteiger partial charge in [-0.05, 0) is 31.4 Å². The van der Waals surface area contributed by atoms with Crippen LogP contribution in [0.5, 0.6) is 0 Å². The molecule has 1 aliphatic heterocycles. The smallest absolute Gasteiger partial charge is 0.193 e.